The third-order valence-corrected chi connectivity index (χ3v) is 13.6. The first kappa shape index (κ1) is 54.4. The van der Waals surface area contributed by atoms with Crippen LogP contribution in [0.15, 0.2) is 206 Å². The minimum atomic E-state index is -0.481. The molecule has 8 nitrogen and oxygen atoms in total. The molecule has 3 aliphatic rings. The van der Waals surface area contributed by atoms with Crippen LogP contribution in [0.3, 0.4) is 0 Å². The summed E-state index contributed by atoms with van der Waals surface area (Å²) >= 11 is 0. The van der Waals surface area contributed by atoms with Crippen LogP contribution in [0.2, 0.25) is 0 Å². The number of ketones is 2. The number of rotatable bonds is 2. The van der Waals surface area contributed by atoms with Crippen molar-refractivity contribution in [3.8, 4) is 56.2 Å². The zero-order chi connectivity index (χ0) is 51.7. The molecule has 3 aliphatic carbocycles. The molecule has 0 atom stereocenters. The van der Waals surface area contributed by atoms with Gasteiger partial charge in [0.2, 0.25) is 0 Å². The molecule has 10 aromatic rings. The number of hydrogen-bond donors (Lipinski definition) is 2. The summed E-state index contributed by atoms with van der Waals surface area (Å²) in [4.78, 5) is 40.4. The summed E-state index contributed by atoms with van der Waals surface area (Å²) in [6, 6.07) is 70.7. The normalized spacial score (nSPS) is 13.2. The van der Waals surface area contributed by atoms with Gasteiger partial charge in [0.1, 0.15) is 0 Å². The molecule has 0 saturated carbocycles. The molecule has 10 heteroatoms. The summed E-state index contributed by atoms with van der Waals surface area (Å²) in [6.07, 6.45) is 2.33. The average Bonchev–Trinajstić information content (AvgIpc) is 3.61. The van der Waals surface area contributed by atoms with Crippen LogP contribution in [-0.4, -0.2) is 41.7 Å². The number of para-hydroxylation sites is 4. The van der Waals surface area contributed by atoms with Crippen LogP contribution in [0.1, 0.15) is 74.9 Å². The summed E-state index contributed by atoms with van der Waals surface area (Å²) in [5.41, 5.74) is 21.2. The third-order valence-electron chi connectivity index (χ3n) is 13.6. The number of fused-ring (bicyclic) bond motifs is 19. The quantitative estimate of drug-likeness (QED) is 0.0996. The topological polar surface area (TPSA) is 126 Å². The molecule has 0 saturated heterocycles. The molecule has 2 N–H and O–H groups in total. The first-order valence-corrected chi connectivity index (χ1v) is 24.5. The Hall–Kier alpha value is -7.84. The van der Waals surface area contributed by atoms with Crippen LogP contribution >= 0.6 is 0 Å². The number of carbonyl (C=O) groups excluding carboxylic acids is 2. The fraction of sp³-hybridized carbons (Fsp3) is 0.121. The number of aromatic nitrogens is 4. The Morgan fingerprint density at radius 2 is 0.697 bits per heavy atom. The standard InChI is InChI=1S/C33H19N2.C23H17N2.2C5H8O2.2Ir/c1-5-15-25-21(11-1)22-12-2-6-16-26(22)33(25)27-17-7-3-13-23(27)31-32(24-14-4-8-18-28(24)33)35-30-20-10-9-19-29(30)34-31;1-23(2)17-11-5-3-9-15(17)21-22(16-10-4-6-12-18(16)23)25-20-14-8-7-13-19(20)24-21;2*1-4(6)3-5(2)7;;/h1-13,15-20H;3-9,11-14H,1-2H3;2*3,6H,1-2H3;;/q2*-1;;;;. The molecule has 76 heavy (non-hydrogen) atoms. The van der Waals surface area contributed by atoms with Gasteiger partial charge < -0.3 is 10.2 Å². The second kappa shape index (κ2) is 22.6. The number of allylic oxidation sites excluding steroid dienone is 4. The van der Waals surface area contributed by atoms with E-state index in [9.17, 15) is 9.59 Å². The molecule has 0 unspecified atom stereocenters. The monoisotopic (exact) mass is 1350 g/mol. The maximum Gasteiger partial charge on any atom is 0.155 e. The van der Waals surface area contributed by atoms with Crippen molar-refractivity contribution in [3.05, 3.63) is 251 Å². The fourth-order valence-corrected chi connectivity index (χ4v) is 10.8. The van der Waals surface area contributed by atoms with Crippen molar-refractivity contribution in [3.63, 3.8) is 0 Å². The van der Waals surface area contributed by atoms with Crippen molar-refractivity contribution in [2.45, 2.75) is 52.4 Å². The van der Waals surface area contributed by atoms with Crippen molar-refractivity contribution in [1.82, 2.24) is 19.9 Å². The molecule has 0 fully saturated rings. The summed E-state index contributed by atoms with van der Waals surface area (Å²) in [6.45, 7) is 10.2. The molecule has 1 spiro atoms. The van der Waals surface area contributed by atoms with E-state index in [0.717, 1.165) is 67.1 Å². The Labute approximate surface area is 470 Å². The van der Waals surface area contributed by atoms with Gasteiger partial charge in [-0.15, -0.1) is 70.8 Å². The molecular weight excluding hydrogens is 1300 g/mol. The molecular formula is C66H52Ir2N4O4-2. The van der Waals surface area contributed by atoms with Gasteiger partial charge in [0.25, 0.3) is 0 Å². The van der Waals surface area contributed by atoms with Crippen LogP contribution < -0.4 is 0 Å². The number of nitrogens with zero attached hydrogens (tertiary/aromatic N) is 4. The van der Waals surface area contributed by atoms with E-state index in [1.54, 1.807) is 0 Å². The minimum Gasteiger partial charge on any atom is -0.512 e. The summed E-state index contributed by atoms with van der Waals surface area (Å²) < 4.78 is 0. The van der Waals surface area contributed by atoms with Gasteiger partial charge in [0, 0.05) is 69.2 Å². The van der Waals surface area contributed by atoms with Crippen molar-refractivity contribution in [2.75, 3.05) is 0 Å². The van der Waals surface area contributed by atoms with E-state index in [2.05, 4.69) is 147 Å². The van der Waals surface area contributed by atoms with E-state index >= 15 is 0 Å². The van der Waals surface area contributed by atoms with E-state index in [4.69, 9.17) is 30.1 Å². The number of benzene rings is 8. The summed E-state index contributed by atoms with van der Waals surface area (Å²) in [7, 11) is 0. The fourth-order valence-electron chi connectivity index (χ4n) is 10.8. The predicted octanol–water partition coefficient (Wildman–Crippen LogP) is 14.9. The molecule has 380 valence electrons. The van der Waals surface area contributed by atoms with E-state index in [0.29, 0.717) is 0 Å². The van der Waals surface area contributed by atoms with Crippen LogP contribution in [0.25, 0.3) is 78.2 Å². The van der Waals surface area contributed by atoms with E-state index < -0.39 is 5.41 Å². The van der Waals surface area contributed by atoms with Gasteiger partial charge >= 0.3 is 0 Å². The van der Waals surface area contributed by atoms with Gasteiger partial charge in [0.15, 0.2) is 11.6 Å². The van der Waals surface area contributed by atoms with E-state index in [1.165, 1.54) is 84.4 Å². The second-order valence-electron chi connectivity index (χ2n) is 19.1. The first-order chi connectivity index (χ1) is 35.8. The van der Waals surface area contributed by atoms with Crippen molar-refractivity contribution >= 4 is 33.6 Å². The Morgan fingerprint density at radius 1 is 0.395 bits per heavy atom. The van der Waals surface area contributed by atoms with Crippen molar-refractivity contribution in [1.29, 1.82) is 0 Å². The maximum atomic E-state index is 10.0. The van der Waals surface area contributed by atoms with Crippen LogP contribution in [0.5, 0.6) is 0 Å². The van der Waals surface area contributed by atoms with Crippen LogP contribution in [0.4, 0.5) is 0 Å². The minimum absolute atomic E-state index is 0. The molecule has 2 aromatic heterocycles. The molecule has 13 rings (SSSR count). The van der Waals surface area contributed by atoms with Gasteiger partial charge in [-0.3, -0.25) is 29.5 Å². The second-order valence-corrected chi connectivity index (χ2v) is 19.1. The van der Waals surface area contributed by atoms with E-state index in [1.807, 2.05) is 60.7 Å². The zero-order valence-electron chi connectivity index (χ0n) is 42.6. The number of carbonyl (C=O) groups is 2. The number of aliphatic hydroxyl groups excluding tert-OH is 2. The van der Waals surface area contributed by atoms with E-state index in [-0.39, 0.29) is 68.7 Å². The molecule has 2 radical (unpaired) electrons. The third kappa shape index (κ3) is 9.93. The maximum absolute atomic E-state index is 10.0. The number of aliphatic hydroxyl groups is 2. The van der Waals surface area contributed by atoms with Gasteiger partial charge in [-0.2, -0.15) is 0 Å². The number of hydrogen-bond acceptors (Lipinski definition) is 8. The Bertz CT molecular complexity index is 3660. The Balaban J connectivity index is 0.000000163. The van der Waals surface area contributed by atoms with Gasteiger partial charge in [-0.25, -0.2) is 0 Å². The molecule has 2 heterocycles. The van der Waals surface area contributed by atoms with Crippen LogP contribution in [0, 0.1) is 12.1 Å². The molecule has 0 bridgehead atoms. The van der Waals surface area contributed by atoms with Crippen molar-refractivity contribution < 1.29 is 60.0 Å². The average molecular weight is 1350 g/mol. The summed E-state index contributed by atoms with van der Waals surface area (Å²) in [5.74, 6) is -0.125. The Kier molecular flexibility index (Phi) is 16.2. The first-order valence-electron chi connectivity index (χ1n) is 24.5. The molecule has 8 aromatic carbocycles. The molecule has 0 aliphatic heterocycles. The molecule has 0 amide bonds. The summed E-state index contributed by atoms with van der Waals surface area (Å²) in [5, 5.41) is 16.7. The predicted molar refractivity (Wildman–Crippen MR) is 296 cm³/mol. The zero-order valence-corrected chi connectivity index (χ0v) is 47.4. The van der Waals surface area contributed by atoms with Crippen molar-refractivity contribution in [2.24, 2.45) is 0 Å². The van der Waals surface area contributed by atoms with Gasteiger partial charge in [-0.1, -0.05) is 135 Å². The smallest absolute Gasteiger partial charge is 0.155 e. The van der Waals surface area contributed by atoms with Crippen LogP contribution in [-0.2, 0) is 60.6 Å². The largest absolute Gasteiger partial charge is 0.512 e. The van der Waals surface area contributed by atoms with Gasteiger partial charge in [-0.05, 0) is 102 Å². The Morgan fingerprint density at radius 3 is 1.09 bits per heavy atom. The van der Waals surface area contributed by atoms with Gasteiger partial charge in [0.05, 0.1) is 45.0 Å². The SMILES string of the molecule is CC(=O)C=C(C)O.CC(=O)C=C(C)O.CC1(C)c2ccc[c-]c2-c2nc3ccccc3nc2-c2ccccc21.[Ir].[Ir].[c-]1cccc2c1-c1nc3ccccc3nc1-c1ccccc1C21c2ccccc2-c2ccccc21.